The first-order valence-electron chi connectivity index (χ1n) is 7.05. The lowest BCUT2D eigenvalue weighted by Gasteiger charge is -2.25. The van der Waals surface area contributed by atoms with E-state index >= 15 is 0 Å². The number of likely N-dealkylation sites (tertiary alicyclic amines) is 1. The van der Waals surface area contributed by atoms with Gasteiger partial charge >= 0.3 is 0 Å². The Balaban J connectivity index is 1.60. The van der Waals surface area contributed by atoms with E-state index in [1.54, 1.807) is 0 Å². The highest BCUT2D eigenvalue weighted by atomic mass is 79.9. The number of piperidine rings is 1. The highest BCUT2D eigenvalue weighted by molar-refractivity contribution is 9.13. The third-order valence-electron chi connectivity index (χ3n) is 3.48. The molecule has 0 atom stereocenters. The minimum atomic E-state index is -0.115. The molecule has 22 heavy (non-hydrogen) atoms. The minimum absolute atomic E-state index is 0.115. The van der Waals surface area contributed by atoms with Gasteiger partial charge in [0, 0.05) is 16.4 Å². The average molecular weight is 465 g/mol. The van der Waals surface area contributed by atoms with Gasteiger partial charge in [-0.1, -0.05) is 6.42 Å². The highest BCUT2D eigenvalue weighted by Crippen LogP contribution is 2.32. The van der Waals surface area contributed by atoms with Crippen LogP contribution in [-0.4, -0.2) is 28.9 Å². The highest BCUT2D eigenvalue weighted by Gasteiger charge is 2.15. The average Bonchev–Trinajstić information content (AvgIpc) is 3.07. The summed E-state index contributed by atoms with van der Waals surface area (Å²) in [7, 11) is 0. The summed E-state index contributed by atoms with van der Waals surface area (Å²) in [5.41, 5.74) is 1.04. The van der Waals surface area contributed by atoms with E-state index < -0.39 is 0 Å². The molecule has 1 N–H and O–H groups in total. The summed E-state index contributed by atoms with van der Waals surface area (Å²) >= 11 is 9.68. The molecule has 1 fully saturated rings. The molecule has 4 nitrogen and oxygen atoms in total. The van der Waals surface area contributed by atoms with Crippen LogP contribution >= 0.6 is 54.5 Å². The number of carbonyl (C=O) groups excluding carboxylic acids is 1. The van der Waals surface area contributed by atoms with Gasteiger partial charge < -0.3 is 0 Å². The van der Waals surface area contributed by atoms with E-state index in [1.165, 1.54) is 41.9 Å². The van der Waals surface area contributed by atoms with Crippen molar-refractivity contribution in [3.8, 4) is 0 Å². The lowest BCUT2D eigenvalue weighted by molar-refractivity contribution is 0.103. The quantitative estimate of drug-likeness (QED) is 0.694. The standard InChI is InChI=1S/C14H15Br2N3OS2/c15-10-6-11(22-12(10)16)13(20)18-14-17-9(8-21-14)7-19-4-2-1-3-5-19/h6,8H,1-5,7H2,(H,17,18,20). The number of carbonyl (C=O) groups is 1. The maximum absolute atomic E-state index is 12.2. The number of thiophene rings is 1. The zero-order valence-corrected chi connectivity index (χ0v) is 16.6. The second-order valence-electron chi connectivity index (χ2n) is 5.17. The largest absolute Gasteiger partial charge is 0.297 e. The number of aromatic nitrogens is 1. The van der Waals surface area contributed by atoms with Gasteiger partial charge in [-0.05, 0) is 63.9 Å². The Morgan fingerprint density at radius 2 is 2.09 bits per heavy atom. The van der Waals surface area contributed by atoms with E-state index in [4.69, 9.17) is 0 Å². The molecular weight excluding hydrogens is 450 g/mol. The van der Waals surface area contributed by atoms with Crippen molar-refractivity contribution >= 4 is 65.6 Å². The smallest absolute Gasteiger partial charge is 0.267 e. The topological polar surface area (TPSA) is 45.2 Å². The number of anilines is 1. The summed E-state index contributed by atoms with van der Waals surface area (Å²) in [4.78, 5) is 19.8. The predicted octanol–water partition coefficient (Wildman–Crippen LogP) is 4.97. The molecule has 0 bridgehead atoms. The summed E-state index contributed by atoms with van der Waals surface area (Å²) in [5.74, 6) is -0.115. The SMILES string of the molecule is O=C(Nc1nc(CN2CCCCC2)cs1)c1cc(Br)c(Br)s1. The number of hydrogen-bond acceptors (Lipinski definition) is 5. The van der Waals surface area contributed by atoms with Crippen LogP contribution in [-0.2, 0) is 6.54 Å². The van der Waals surface area contributed by atoms with Crippen LogP contribution in [0.25, 0.3) is 0 Å². The molecule has 3 rings (SSSR count). The van der Waals surface area contributed by atoms with Crippen molar-refractivity contribution < 1.29 is 4.79 Å². The zero-order valence-electron chi connectivity index (χ0n) is 11.8. The Bertz CT molecular complexity index is 645. The molecule has 0 spiro atoms. The van der Waals surface area contributed by atoms with Gasteiger partial charge in [-0.15, -0.1) is 22.7 Å². The normalized spacial score (nSPS) is 15.9. The fourth-order valence-corrected chi connectivity index (χ4v) is 5.03. The molecule has 8 heteroatoms. The van der Waals surface area contributed by atoms with Gasteiger partial charge in [-0.3, -0.25) is 15.0 Å². The number of amides is 1. The van der Waals surface area contributed by atoms with Gasteiger partial charge in [-0.2, -0.15) is 0 Å². The first kappa shape index (κ1) is 16.6. The number of hydrogen-bond donors (Lipinski definition) is 1. The van der Waals surface area contributed by atoms with Crippen molar-refractivity contribution in [1.82, 2.24) is 9.88 Å². The third kappa shape index (κ3) is 4.17. The van der Waals surface area contributed by atoms with Crippen LogP contribution in [0, 0.1) is 0 Å². The van der Waals surface area contributed by atoms with Crippen LogP contribution < -0.4 is 5.32 Å². The number of nitrogens with zero attached hydrogens (tertiary/aromatic N) is 2. The summed E-state index contributed by atoms with van der Waals surface area (Å²) in [6.45, 7) is 3.18. The summed E-state index contributed by atoms with van der Waals surface area (Å²) < 4.78 is 1.81. The number of rotatable bonds is 4. The molecule has 0 unspecified atom stereocenters. The van der Waals surface area contributed by atoms with Gasteiger partial charge in [0.1, 0.15) is 0 Å². The van der Waals surface area contributed by atoms with Crippen molar-refractivity contribution in [2.24, 2.45) is 0 Å². The molecule has 2 aromatic heterocycles. The summed E-state index contributed by atoms with van der Waals surface area (Å²) in [6.07, 6.45) is 3.88. The molecule has 1 saturated heterocycles. The monoisotopic (exact) mass is 463 g/mol. The zero-order chi connectivity index (χ0) is 15.5. The van der Waals surface area contributed by atoms with Crippen LogP contribution in [0.2, 0.25) is 0 Å². The first-order chi connectivity index (χ1) is 10.6. The minimum Gasteiger partial charge on any atom is -0.297 e. The fraction of sp³-hybridized carbons (Fsp3) is 0.429. The Morgan fingerprint density at radius 1 is 1.32 bits per heavy atom. The Morgan fingerprint density at radius 3 is 2.77 bits per heavy atom. The van der Waals surface area contributed by atoms with E-state index in [9.17, 15) is 4.79 Å². The van der Waals surface area contributed by atoms with Crippen LogP contribution in [0.5, 0.6) is 0 Å². The molecule has 3 heterocycles. The maximum Gasteiger partial charge on any atom is 0.267 e. The summed E-state index contributed by atoms with van der Waals surface area (Å²) in [5, 5.41) is 5.57. The van der Waals surface area contributed by atoms with Gasteiger partial charge in [0.05, 0.1) is 14.4 Å². The van der Waals surface area contributed by atoms with Gasteiger partial charge in [0.25, 0.3) is 5.91 Å². The number of nitrogens with one attached hydrogen (secondary N) is 1. The van der Waals surface area contributed by atoms with E-state index in [1.807, 2.05) is 11.4 Å². The predicted molar refractivity (Wildman–Crippen MR) is 98.9 cm³/mol. The molecule has 118 valence electrons. The Hall–Kier alpha value is -0.280. The summed E-state index contributed by atoms with van der Waals surface area (Å²) in [6, 6.07) is 1.81. The molecule has 0 aromatic carbocycles. The molecule has 1 aliphatic rings. The van der Waals surface area contributed by atoms with E-state index in [-0.39, 0.29) is 5.91 Å². The molecule has 2 aromatic rings. The molecule has 1 aliphatic heterocycles. The van der Waals surface area contributed by atoms with Crippen molar-refractivity contribution in [2.75, 3.05) is 18.4 Å². The van der Waals surface area contributed by atoms with Crippen molar-refractivity contribution in [3.05, 3.63) is 30.3 Å². The van der Waals surface area contributed by atoms with Crippen molar-refractivity contribution in [2.45, 2.75) is 25.8 Å². The lowest BCUT2D eigenvalue weighted by Crippen LogP contribution is -2.29. The second kappa shape index (κ2) is 7.53. The van der Waals surface area contributed by atoms with Gasteiger partial charge in [-0.25, -0.2) is 4.98 Å². The van der Waals surface area contributed by atoms with Gasteiger partial charge in [0.2, 0.25) is 0 Å². The van der Waals surface area contributed by atoms with E-state index in [2.05, 4.69) is 47.1 Å². The first-order valence-corrected chi connectivity index (χ1v) is 10.3. The van der Waals surface area contributed by atoms with Crippen molar-refractivity contribution in [3.63, 3.8) is 0 Å². The number of halogens is 2. The Labute approximate surface area is 154 Å². The lowest BCUT2D eigenvalue weighted by atomic mass is 10.1. The van der Waals surface area contributed by atoms with Crippen LogP contribution in [0.15, 0.2) is 19.7 Å². The van der Waals surface area contributed by atoms with Gasteiger partial charge in [0.15, 0.2) is 5.13 Å². The third-order valence-corrected chi connectivity index (χ3v) is 7.54. The van der Waals surface area contributed by atoms with Crippen LogP contribution in [0.3, 0.4) is 0 Å². The molecule has 0 radical (unpaired) electrons. The Kier molecular flexibility index (Phi) is 5.67. The van der Waals surface area contributed by atoms with E-state index in [0.29, 0.717) is 10.0 Å². The van der Waals surface area contributed by atoms with Crippen molar-refractivity contribution in [1.29, 1.82) is 0 Å². The molecule has 0 aliphatic carbocycles. The number of thiazole rings is 1. The molecule has 1 amide bonds. The van der Waals surface area contributed by atoms with Crippen LogP contribution in [0.1, 0.15) is 34.6 Å². The molecule has 0 saturated carbocycles. The van der Waals surface area contributed by atoms with E-state index in [0.717, 1.165) is 33.6 Å². The molecular formula is C14H15Br2N3OS2. The van der Waals surface area contributed by atoms with Crippen LogP contribution in [0.4, 0.5) is 5.13 Å². The second-order valence-corrected chi connectivity index (χ2v) is 9.25. The maximum atomic E-state index is 12.2. The fourth-order valence-electron chi connectivity index (χ4n) is 2.40.